The fraction of sp³-hybridized carbons (Fsp3) is 0.409. The molecule has 2 aromatic rings. The van der Waals surface area contributed by atoms with E-state index in [1.54, 1.807) is 0 Å². The first-order valence-electron chi connectivity index (χ1n) is 9.64. The van der Waals surface area contributed by atoms with E-state index in [9.17, 15) is 4.79 Å². The van der Waals surface area contributed by atoms with Crippen LogP contribution in [-0.4, -0.2) is 55.5 Å². The smallest absolute Gasteiger partial charge is 0.262 e. The van der Waals surface area contributed by atoms with Crippen molar-refractivity contribution in [2.45, 2.75) is 19.9 Å². The van der Waals surface area contributed by atoms with Crippen molar-refractivity contribution in [1.29, 1.82) is 0 Å². The highest BCUT2D eigenvalue weighted by molar-refractivity contribution is 5.91. The van der Waals surface area contributed by atoms with Crippen molar-refractivity contribution in [2.75, 3.05) is 45.2 Å². The van der Waals surface area contributed by atoms with Crippen LogP contribution in [0.15, 0.2) is 48.5 Å². The predicted octanol–water partition coefficient (Wildman–Crippen LogP) is 3.01. The minimum Gasteiger partial charge on any atom is -0.484 e. The lowest BCUT2D eigenvalue weighted by Crippen LogP contribution is -2.43. The van der Waals surface area contributed by atoms with Crippen LogP contribution < -0.4 is 10.1 Å². The summed E-state index contributed by atoms with van der Waals surface area (Å²) in [7, 11) is 2.17. The molecule has 1 heterocycles. The molecule has 1 aliphatic rings. The molecule has 0 saturated carbocycles. The van der Waals surface area contributed by atoms with E-state index in [0.717, 1.165) is 44.8 Å². The number of hydrogen-bond acceptors (Lipinski definition) is 4. The van der Waals surface area contributed by atoms with Gasteiger partial charge in [0.15, 0.2) is 6.61 Å². The Kier molecular flexibility index (Phi) is 6.85. The van der Waals surface area contributed by atoms with Crippen molar-refractivity contribution >= 4 is 11.6 Å². The van der Waals surface area contributed by atoms with Gasteiger partial charge in [-0.15, -0.1) is 0 Å². The Balaban J connectivity index is 1.43. The van der Waals surface area contributed by atoms with Gasteiger partial charge in [0.2, 0.25) is 0 Å². The molecule has 2 aromatic carbocycles. The molecule has 1 aliphatic heterocycles. The number of amides is 1. The van der Waals surface area contributed by atoms with Crippen molar-refractivity contribution in [1.82, 2.24) is 9.80 Å². The van der Waals surface area contributed by atoms with E-state index in [4.69, 9.17) is 4.74 Å². The highest BCUT2D eigenvalue weighted by atomic mass is 16.5. The van der Waals surface area contributed by atoms with Crippen LogP contribution in [0.2, 0.25) is 0 Å². The van der Waals surface area contributed by atoms with Gasteiger partial charge in [-0.3, -0.25) is 9.69 Å². The minimum absolute atomic E-state index is 0.00845. The first-order chi connectivity index (χ1) is 13.1. The number of aryl methyl sites for hydroxylation is 1. The number of carbonyl (C=O) groups is 1. The third-order valence-corrected chi connectivity index (χ3v) is 4.94. The molecule has 3 rings (SSSR count). The fourth-order valence-electron chi connectivity index (χ4n) is 3.13. The lowest BCUT2D eigenvalue weighted by Gasteiger charge is -2.32. The zero-order valence-electron chi connectivity index (χ0n) is 16.3. The maximum absolute atomic E-state index is 12.1. The van der Waals surface area contributed by atoms with Gasteiger partial charge in [-0.1, -0.05) is 31.2 Å². The highest BCUT2D eigenvalue weighted by Gasteiger charge is 2.13. The summed E-state index contributed by atoms with van der Waals surface area (Å²) < 4.78 is 5.55. The normalized spacial score (nSPS) is 15.5. The molecule has 0 aliphatic carbocycles. The molecule has 1 N–H and O–H groups in total. The third kappa shape index (κ3) is 6.08. The molecule has 144 valence electrons. The second-order valence-corrected chi connectivity index (χ2v) is 7.11. The Bertz CT molecular complexity index is 720. The van der Waals surface area contributed by atoms with Crippen LogP contribution in [0.1, 0.15) is 18.1 Å². The number of ether oxygens (including phenoxy) is 1. The minimum atomic E-state index is -0.151. The van der Waals surface area contributed by atoms with Gasteiger partial charge < -0.3 is 15.0 Å². The number of piperazine rings is 1. The third-order valence-electron chi connectivity index (χ3n) is 4.94. The van der Waals surface area contributed by atoms with Crippen molar-refractivity contribution in [2.24, 2.45) is 0 Å². The first kappa shape index (κ1) is 19.4. The van der Waals surface area contributed by atoms with Crippen LogP contribution in [0, 0.1) is 0 Å². The number of nitrogens with zero attached hydrogens (tertiary/aromatic N) is 2. The summed E-state index contributed by atoms with van der Waals surface area (Å²) in [4.78, 5) is 16.9. The number of carbonyl (C=O) groups excluding carboxylic acids is 1. The Morgan fingerprint density at radius 2 is 1.59 bits per heavy atom. The summed E-state index contributed by atoms with van der Waals surface area (Å²) in [6, 6.07) is 15.9. The Labute approximate surface area is 161 Å². The number of likely N-dealkylation sites (N-methyl/N-ethyl adjacent to an activating group) is 1. The molecule has 0 unspecified atom stereocenters. The standard InChI is InChI=1S/C22H29N3O2/c1-3-18-6-10-21(11-7-18)27-17-22(26)23-20-8-4-19(5-9-20)16-25-14-12-24(2)13-15-25/h4-11H,3,12-17H2,1-2H3,(H,23,26). The lowest BCUT2D eigenvalue weighted by molar-refractivity contribution is -0.118. The number of benzene rings is 2. The average molecular weight is 367 g/mol. The van der Waals surface area contributed by atoms with E-state index in [2.05, 4.69) is 41.2 Å². The van der Waals surface area contributed by atoms with E-state index < -0.39 is 0 Å². The van der Waals surface area contributed by atoms with Gasteiger partial charge >= 0.3 is 0 Å². The van der Waals surface area contributed by atoms with Crippen LogP contribution in [-0.2, 0) is 17.8 Å². The Morgan fingerprint density at radius 1 is 0.963 bits per heavy atom. The molecule has 1 amide bonds. The molecule has 1 saturated heterocycles. The number of nitrogens with one attached hydrogen (secondary N) is 1. The molecule has 1 fully saturated rings. The monoisotopic (exact) mass is 367 g/mol. The van der Waals surface area contributed by atoms with Crippen molar-refractivity contribution in [3.63, 3.8) is 0 Å². The summed E-state index contributed by atoms with van der Waals surface area (Å²) in [5.41, 5.74) is 3.32. The van der Waals surface area contributed by atoms with Gasteiger partial charge in [-0.25, -0.2) is 0 Å². The summed E-state index contributed by atoms with van der Waals surface area (Å²) in [5, 5.41) is 2.89. The quantitative estimate of drug-likeness (QED) is 0.817. The average Bonchev–Trinajstić information content (AvgIpc) is 2.70. The summed E-state index contributed by atoms with van der Waals surface area (Å²) in [6.07, 6.45) is 0.992. The van der Waals surface area contributed by atoms with Crippen LogP contribution in [0.3, 0.4) is 0 Å². The molecule has 0 spiro atoms. The van der Waals surface area contributed by atoms with Gasteiger partial charge in [0, 0.05) is 38.4 Å². The number of anilines is 1. The number of rotatable bonds is 7. The largest absolute Gasteiger partial charge is 0.484 e. The van der Waals surface area contributed by atoms with E-state index in [1.165, 1.54) is 11.1 Å². The van der Waals surface area contributed by atoms with Gasteiger partial charge in [0.25, 0.3) is 5.91 Å². The van der Waals surface area contributed by atoms with Crippen LogP contribution >= 0.6 is 0 Å². The summed E-state index contributed by atoms with van der Waals surface area (Å²) >= 11 is 0. The predicted molar refractivity (Wildman–Crippen MR) is 109 cm³/mol. The van der Waals surface area contributed by atoms with Gasteiger partial charge in [-0.05, 0) is 48.9 Å². The fourth-order valence-corrected chi connectivity index (χ4v) is 3.13. The van der Waals surface area contributed by atoms with Crippen molar-refractivity contribution in [3.05, 3.63) is 59.7 Å². The van der Waals surface area contributed by atoms with E-state index in [0.29, 0.717) is 5.75 Å². The maximum atomic E-state index is 12.1. The zero-order valence-corrected chi connectivity index (χ0v) is 16.3. The Morgan fingerprint density at radius 3 is 2.22 bits per heavy atom. The highest BCUT2D eigenvalue weighted by Crippen LogP contribution is 2.14. The molecule has 0 aromatic heterocycles. The molecular formula is C22H29N3O2. The van der Waals surface area contributed by atoms with Crippen molar-refractivity contribution < 1.29 is 9.53 Å². The van der Waals surface area contributed by atoms with Crippen LogP contribution in [0.4, 0.5) is 5.69 Å². The maximum Gasteiger partial charge on any atom is 0.262 e. The molecule has 0 atom stereocenters. The Hall–Kier alpha value is -2.37. The second-order valence-electron chi connectivity index (χ2n) is 7.11. The van der Waals surface area contributed by atoms with Crippen molar-refractivity contribution in [3.8, 4) is 5.75 Å². The summed E-state index contributed by atoms with van der Waals surface area (Å²) in [6.45, 7) is 7.52. The SMILES string of the molecule is CCc1ccc(OCC(=O)Nc2ccc(CN3CCN(C)CC3)cc2)cc1. The molecule has 27 heavy (non-hydrogen) atoms. The molecule has 5 heteroatoms. The molecule has 0 radical (unpaired) electrons. The first-order valence-corrected chi connectivity index (χ1v) is 9.64. The van der Waals surface area contributed by atoms with E-state index in [1.807, 2.05) is 36.4 Å². The van der Waals surface area contributed by atoms with Gasteiger partial charge in [-0.2, -0.15) is 0 Å². The second kappa shape index (κ2) is 9.53. The lowest BCUT2D eigenvalue weighted by atomic mass is 10.2. The van der Waals surface area contributed by atoms with Crippen LogP contribution in [0.5, 0.6) is 5.75 Å². The van der Waals surface area contributed by atoms with Crippen LogP contribution in [0.25, 0.3) is 0 Å². The van der Waals surface area contributed by atoms with Gasteiger partial charge in [0.05, 0.1) is 0 Å². The molecule has 0 bridgehead atoms. The van der Waals surface area contributed by atoms with E-state index in [-0.39, 0.29) is 12.5 Å². The topological polar surface area (TPSA) is 44.8 Å². The molecule has 5 nitrogen and oxygen atoms in total. The summed E-state index contributed by atoms with van der Waals surface area (Å²) in [5.74, 6) is 0.561. The molecular weight excluding hydrogens is 338 g/mol. The number of hydrogen-bond donors (Lipinski definition) is 1. The zero-order chi connectivity index (χ0) is 19.1. The van der Waals surface area contributed by atoms with E-state index >= 15 is 0 Å². The van der Waals surface area contributed by atoms with Gasteiger partial charge in [0.1, 0.15) is 5.75 Å².